The molecule has 0 aliphatic rings. The van der Waals surface area contributed by atoms with Crippen LogP contribution in [0.15, 0.2) is 85.1 Å². The summed E-state index contributed by atoms with van der Waals surface area (Å²) in [7, 11) is 1.33. The molecule has 0 spiro atoms. The molecule has 0 amide bonds. The van der Waals surface area contributed by atoms with E-state index in [-0.39, 0.29) is 32.2 Å². The van der Waals surface area contributed by atoms with Crippen molar-refractivity contribution in [2.75, 3.05) is 54.1 Å². The van der Waals surface area contributed by atoms with Crippen LogP contribution in [-0.4, -0.2) is 70.7 Å². The Kier molecular flexibility index (Phi) is 48.3. The summed E-state index contributed by atoms with van der Waals surface area (Å²) < 4.78 is 34.8. The maximum absolute atomic E-state index is 12.8. The van der Waals surface area contributed by atoms with Crippen LogP contribution < -0.4 is 4.89 Å². The molecule has 0 aromatic heterocycles. The highest BCUT2D eigenvalue weighted by molar-refractivity contribution is 7.45. The lowest BCUT2D eigenvalue weighted by Gasteiger charge is -2.28. The zero-order chi connectivity index (χ0) is 49.0. The smallest absolute Gasteiger partial charge is 0.306 e. The van der Waals surface area contributed by atoms with Crippen LogP contribution in [0.4, 0.5) is 0 Å². The number of likely N-dealkylation sites (N-methyl/N-ethyl adjacent to an activating group) is 1. The maximum atomic E-state index is 12.8. The number of nitrogens with zero attached hydrogens (tertiary/aromatic N) is 1. The zero-order valence-corrected chi connectivity index (χ0v) is 45.0. The van der Waals surface area contributed by atoms with Gasteiger partial charge in [0.25, 0.3) is 7.82 Å². The summed E-state index contributed by atoms with van der Waals surface area (Å²) in [6.07, 6.45) is 67.6. The van der Waals surface area contributed by atoms with E-state index in [0.29, 0.717) is 17.6 Å². The van der Waals surface area contributed by atoms with Crippen molar-refractivity contribution in [1.29, 1.82) is 0 Å². The molecule has 0 aliphatic carbocycles. The Labute approximate surface area is 414 Å². The predicted octanol–water partition coefficient (Wildman–Crippen LogP) is 16.5. The largest absolute Gasteiger partial charge is 0.756 e. The second kappa shape index (κ2) is 50.1. The van der Waals surface area contributed by atoms with Gasteiger partial charge in [-0.25, -0.2) is 0 Å². The zero-order valence-electron chi connectivity index (χ0n) is 44.1. The van der Waals surface area contributed by atoms with Crippen molar-refractivity contribution < 1.29 is 37.3 Å². The van der Waals surface area contributed by atoms with Gasteiger partial charge < -0.3 is 27.9 Å². The van der Waals surface area contributed by atoms with Gasteiger partial charge in [0.2, 0.25) is 0 Å². The molecule has 2 unspecified atom stereocenters. The number of unbranched alkanes of at least 4 members (excludes halogenated alkanes) is 22. The number of allylic oxidation sites excluding steroid dienone is 14. The van der Waals surface area contributed by atoms with E-state index in [1.54, 1.807) is 0 Å². The summed E-state index contributed by atoms with van der Waals surface area (Å²) in [4.78, 5) is 25.2. The number of phosphoric ester groups is 1. The van der Waals surface area contributed by atoms with Crippen molar-refractivity contribution in [3.05, 3.63) is 85.1 Å². The van der Waals surface area contributed by atoms with Gasteiger partial charge in [-0.15, -0.1) is 0 Å². The second-order valence-corrected chi connectivity index (χ2v) is 20.6. The number of hydrogen-bond donors (Lipinski definition) is 0. The highest BCUT2D eigenvalue weighted by Gasteiger charge is 2.20. The molecule has 0 N–H and O–H groups in total. The maximum Gasteiger partial charge on any atom is 0.306 e. The molecule has 67 heavy (non-hydrogen) atoms. The summed E-state index contributed by atoms with van der Waals surface area (Å²) in [5, 5.41) is 0. The van der Waals surface area contributed by atoms with Crippen molar-refractivity contribution in [2.24, 2.45) is 0 Å². The minimum atomic E-state index is -4.55. The number of carbonyl (C=O) groups is 1. The van der Waals surface area contributed by atoms with Crippen LogP contribution in [-0.2, 0) is 27.9 Å². The normalized spacial score (nSPS) is 14.2. The van der Waals surface area contributed by atoms with E-state index in [9.17, 15) is 14.3 Å². The first-order valence-corrected chi connectivity index (χ1v) is 28.8. The second-order valence-electron chi connectivity index (χ2n) is 19.2. The topological polar surface area (TPSA) is 94.1 Å². The van der Waals surface area contributed by atoms with Crippen LogP contribution in [0.5, 0.6) is 0 Å². The van der Waals surface area contributed by atoms with Gasteiger partial charge in [0.15, 0.2) is 0 Å². The van der Waals surface area contributed by atoms with Gasteiger partial charge >= 0.3 is 5.97 Å². The number of ether oxygens (including phenoxy) is 2. The Morgan fingerprint density at radius 3 is 1.31 bits per heavy atom. The summed E-state index contributed by atoms with van der Waals surface area (Å²) in [6, 6.07) is 0. The van der Waals surface area contributed by atoms with E-state index in [1.807, 2.05) is 21.1 Å². The molecule has 0 radical (unpaired) electrons. The lowest BCUT2D eigenvalue weighted by molar-refractivity contribution is -0.870. The fourth-order valence-electron chi connectivity index (χ4n) is 7.25. The average Bonchev–Trinajstić information content (AvgIpc) is 3.29. The van der Waals surface area contributed by atoms with Crippen molar-refractivity contribution in [3.63, 3.8) is 0 Å². The molecule has 0 aromatic carbocycles. The van der Waals surface area contributed by atoms with Gasteiger partial charge in [-0.1, -0.05) is 208 Å². The van der Waals surface area contributed by atoms with E-state index in [2.05, 4.69) is 98.9 Å². The van der Waals surface area contributed by atoms with Gasteiger partial charge in [0.05, 0.1) is 34.4 Å². The summed E-state index contributed by atoms with van der Waals surface area (Å²) in [5.74, 6) is -0.359. The summed E-state index contributed by atoms with van der Waals surface area (Å²) >= 11 is 0. The van der Waals surface area contributed by atoms with E-state index >= 15 is 0 Å². The lowest BCUT2D eigenvalue weighted by atomic mass is 10.1. The molecule has 0 saturated heterocycles. The van der Waals surface area contributed by atoms with Crippen LogP contribution in [0.2, 0.25) is 0 Å². The number of quaternary nitrogens is 1. The molecular weight excluding hydrogens is 854 g/mol. The van der Waals surface area contributed by atoms with Gasteiger partial charge in [-0.3, -0.25) is 9.36 Å². The minimum Gasteiger partial charge on any atom is -0.756 e. The predicted molar refractivity (Wildman–Crippen MR) is 286 cm³/mol. The Morgan fingerprint density at radius 2 is 0.866 bits per heavy atom. The first kappa shape index (κ1) is 64.7. The molecule has 0 aliphatic heterocycles. The molecule has 9 heteroatoms. The van der Waals surface area contributed by atoms with Gasteiger partial charge in [-0.05, 0) is 89.9 Å². The average molecular weight is 958 g/mol. The van der Waals surface area contributed by atoms with Crippen molar-refractivity contribution >= 4 is 13.8 Å². The first-order valence-electron chi connectivity index (χ1n) is 27.3. The molecule has 8 nitrogen and oxygen atoms in total. The number of rotatable bonds is 50. The first-order chi connectivity index (χ1) is 32.6. The number of phosphoric acid groups is 1. The quantitative estimate of drug-likeness (QED) is 0.0197. The standard InChI is InChI=1S/C58H104NO7P/c1-6-8-10-12-14-16-18-20-22-24-26-28-30-31-33-35-37-39-41-43-45-47-49-51-58(60)66-57(56-65-67(61,62)64-54-52-59(3,4)5)55-63-53-50-48-46-44-42-40-38-36-34-32-29-27-25-23-21-19-17-15-13-11-9-7-2/h8,10,14,16,20,22,25-28,31,33,37,39,57H,6-7,9,11-13,15,17-19,21,23-24,29-30,32,34-36,38,40-56H2,1-5H3/b10-8-,16-14-,22-20-,27-25-,28-26-,33-31-,39-37-. The highest BCUT2D eigenvalue weighted by Crippen LogP contribution is 2.38. The van der Waals surface area contributed by atoms with Crippen LogP contribution in [0.1, 0.15) is 219 Å². The third-order valence-corrected chi connectivity index (χ3v) is 12.4. The van der Waals surface area contributed by atoms with Crippen LogP contribution >= 0.6 is 7.82 Å². The Hall–Kier alpha value is -2.32. The van der Waals surface area contributed by atoms with Gasteiger partial charge in [0.1, 0.15) is 19.3 Å². The fourth-order valence-corrected chi connectivity index (χ4v) is 7.98. The highest BCUT2D eigenvalue weighted by atomic mass is 31.2. The Morgan fingerprint density at radius 1 is 0.478 bits per heavy atom. The van der Waals surface area contributed by atoms with E-state index in [1.165, 1.54) is 116 Å². The molecule has 388 valence electrons. The van der Waals surface area contributed by atoms with E-state index < -0.39 is 13.9 Å². The molecule has 2 atom stereocenters. The van der Waals surface area contributed by atoms with Crippen LogP contribution in [0.3, 0.4) is 0 Å². The van der Waals surface area contributed by atoms with E-state index in [4.69, 9.17) is 18.5 Å². The molecule has 0 heterocycles. The Balaban J connectivity index is 4.19. The SMILES string of the molecule is CC/C=C\C/C=C\C/C=C\C/C=C\C/C=C\C/C=C\CCCCCCC(=O)OC(COCCCCCCCCCCCC/C=C\CCCCCCCCCC)COP(=O)([O-])OCC[N+](C)(C)C. The summed E-state index contributed by atoms with van der Waals surface area (Å²) in [5.41, 5.74) is 0. The minimum absolute atomic E-state index is 0.0165. The molecule has 0 fully saturated rings. The molecule has 0 bridgehead atoms. The van der Waals surface area contributed by atoms with Crippen molar-refractivity contribution in [2.45, 2.75) is 225 Å². The Bertz CT molecular complexity index is 1340. The fraction of sp³-hybridized carbons (Fsp3) is 0.741. The number of esters is 1. The van der Waals surface area contributed by atoms with Gasteiger partial charge in [-0.2, -0.15) is 0 Å². The van der Waals surface area contributed by atoms with Gasteiger partial charge in [0, 0.05) is 13.0 Å². The third-order valence-electron chi connectivity index (χ3n) is 11.4. The molecule has 0 rings (SSSR count). The van der Waals surface area contributed by atoms with Crippen LogP contribution in [0.25, 0.3) is 0 Å². The lowest BCUT2D eigenvalue weighted by Crippen LogP contribution is -2.37. The van der Waals surface area contributed by atoms with Crippen molar-refractivity contribution in [1.82, 2.24) is 0 Å². The molecule has 0 saturated carbocycles. The monoisotopic (exact) mass is 958 g/mol. The third kappa shape index (κ3) is 54.5. The molecular formula is C58H104NO7P. The number of hydrogen-bond acceptors (Lipinski definition) is 7. The van der Waals surface area contributed by atoms with E-state index in [0.717, 1.165) is 83.5 Å². The summed E-state index contributed by atoms with van der Waals surface area (Å²) in [6.45, 7) is 5.27. The number of carbonyl (C=O) groups excluding carboxylic acids is 1. The molecule has 0 aromatic rings. The van der Waals surface area contributed by atoms with Crippen LogP contribution in [0, 0.1) is 0 Å². The van der Waals surface area contributed by atoms with Crippen molar-refractivity contribution in [3.8, 4) is 0 Å².